The number of carbonyl (C=O) groups excluding carboxylic acids is 2. The van der Waals surface area contributed by atoms with Gasteiger partial charge >= 0.3 is 0 Å². The van der Waals surface area contributed by atoms with E-state index in [9.17, 15) is 14.7 Å². The van der Waals surface area contributed by atoms with Gasteiger partial charge in [-0.25, -0.2) is 0 Å². The van der Waals surface area contributed by atoms with E-state index in [0.29, 0.717) is 5.82 Å². The quantitative estimate of drug-likeness (QED) is 0.560. The second-order valence-corrected chi connectivity index (χ2v) is 8.72. The Morgan fingerprint density at radius 2 is 1.80 bits per heavy atom. The van der Waals surface area contributed by atoms with E-state index in [2.05, 4.69) is 34.7 Å². The first-order valence-corrected chi connectivity index (χ1v) is 10.7. The van der Waals surface area contributed by atoms with E-state index in [-0.39, 0.29) is 17.2 Å². The number of hydrogen-bond donors (Lipinski definition) is 4. The third-order valence-electron chi connectivity index (χ3n) is 6.11. The molecule has 0 aliphatic heterocycles. The number of anilines is 1. The lowest BCUT2D eigenvalue weighted by atomic mass is 9.82. The molecule has 7 heteroatoms. The van der Waals surface area contributed by atoms with Crippen LogP contribution in [0.2, 0.25) is 0 Å². The third-order valence-corrected chi connectivity index (χ3v) is 6.11. The molecule has 2 amide bonds. The van der Waals surface area contributed by atoms with Crippen molar-refractivity contribution in [1.82, 2.24) is 15.5 Å². The normalized spacial score (nSPS) is 17.2. The highest BCUT2D eigenvalue weighted by atomic mass is 16.3. The minimum Gasteiger partial charge on any atom is -0.383 e. The van der Waals surface area contributed by atoms with Crippen molar-refractivity contribution in [3.63, 3.8) is 0 Å². The van der Waals surface area contributed by atoms with Crippen LogP contribution in [-0.4, -0.2) is 39.3 Å². The van der Waals surface area contributed by atoms with Gasteiger partial charge in [-0.3, -0.25) is 14.7 Å². The van der Waals surface area contributed by atoms with Gasteiger partial charge in [0.2, 0.25) is 11.8 Å². The molecule has 0 bridgehead atoms. The van der Waals surface area contributed by atoms with Gasteiger partial charge in [0.15, 0.2) is 5.82 Å². The summed E-state index contributed by atoms with van der Waals surface area (Å²) in [5, 5.41) is 22.9. The van der Waals surface area contributed by atoms with Gasteiger partial charge < -0.3 is 15.7 Å². The molecule has 4 N–H and O–H groups in total. The molecule has 1 saturated carbocycles. The molecule has 3 rings (SSSR count). The lowest BCUT2D eigenvalue weighted by molar-refractivity contribution is -0.135. The van der Waals surface area contributed by atoms with Crippen LogP contribution in [-0.2, 0) is 15.0 Å². The van der Waals surface area contributed by atoms with Gasteiger partial charge in [0.25, 0.3) is 0 Å². The van der Waals surface area contributed by atoms with E-state index >= 15 is 0 Å². The summed E-state index contributed by atoms with van der Waals surface area (Å²) in [6.45, 7) is 5.76. The standard InChI is InChI=1S/C23H32N4O3/c1-15(24-22(30)20(28)16-10-6-4-7-11-16)21(29)25-19-14-18(26-27-19)23(2,3)17-12-8-5-9-13-17/h5,8-9,12-16,20,28H,4,6-7,10-11H2,1-3H3,(H,24,30)(H2,25,26,27,29)/t15-,20-/m0/s1. The van der Waals surface area contributed by atoms with E-state index in [1.165, 1.54) is 0 Å². The molecule has 0 radical (unpaired) electrons. The molecule has 1 aliphatic carbocycles. The molecular weight excluding hydrogens is 380 g/mol. The van der Waals surface area contributed by atoms with Gasteiger partial charge in [-0.15, -0.1) is 0 Å². The van der Waals surface area contributed by atoms with Gasteiger partial charge in [0, 0.05) is 17.2 Å². The number of H-pyrrole nitrogens is 1. The number of aromatic amines is 1. The van der Waals surface area contributed by atoms with Crippen molar-refractivity contribution in [1.29, 1.82) is 0 Å². The summed E-state index contributed by atoms with van der Waals surface area (Å²) >= 11 is 0. The Kier molecular flexibility index (Phi) is 6.92. The predicted molar refractivity (Wildman–Crippen MR) is 116 cm³/mol. The van der Waals surface area contributed by atoms with Crippen LogP contribution in [0.4, 0.5) is 5.82 Å². The fourth-order valence-electron chi connectivity index (χ4n) is 3.98. The summed E-state index contributed by atoms with van der Waals surface area (Å²) in [5.41, 5.74) is 1.69. The van der Waals surface area contributed by atoms with Crippen LogP contribution in [0.5, 0.6) is 0 Å². The molecule has 1 aliphatic rings. The first-order valence-electron chi connectivity index (χ1n) is 10.7. The van der Waals surface area contributed by atoms with Gasteiger partial charge in [-0.2, -0.15) is 5.10 Å². The molecule has 0 spiro atoms. The molecule has 30 heavy (non-hydrogen) atoms. The van der Waals surface area contributed by atoms with Crippen LogP contribution in [0.3, 0.4) is 0 Å². The highest BCUT2D eigenvalue weighted by Crippen LogP contribution is 2.31. The van der Waals surface area contributed by atoms with E-state index in [1.807, 2.05) is 30.3 Å². The number of aliphatic hydroxyl groups is 1. The van der Waals surface area contributed by atoms with Crippen molar-refractivity contribution in [2.45, 2.75) is 70.4 Å². The number of nitrogens with zero attached hydrogens (tertiary/aromatic N) is 1. The molecule has 1 heterocycles. The monoisotopic (exact) mass is 412 g/mol. The molecule has 0 saturated heterocycles. The topological polar surface area (TPSA) is 107 Å². The lowest BCUT2D eigenvalue weighted by Gasteiger charge is -2.26. The fourth-order valence-corrected chi connectivity index (χ4v) is 3.98. The van der Waals surface area contributed by atoms with Crippen LogP contribution in [0.25, 0.3) is 0 Å². The van der Waals surface area contributed by atoms with E-state index < -0.39 is 18.1 Å². The fraction of sp³-hybridized carbons (Fsp3) is 0.522. The van der Waals surface area contributed by atoms with Gasteiger partial charge in [-0.05, 0) is 31.2 Å². The predicted octanol–water partition coefficient (Wildman–Crippen LogP) is 3.12. The average Bonchev–Trinajstić information content (AvgIpc) is 3.23. The second kappa shape index (κ2) is 9.43. The molecule has 2 atom stereocenters. The number of nitrogens with one attached hydrogen (secondary N) is 3. The zero-order valence-electron chi connectivity index (χ0n) is 17.9. The van der Waals surface area contributed by atoms with Crippen LogP contribution < -0.4 is 10.6 Å². The van der Waals surface area contributed by atoms with Gasteiger partial charge in [0.1, 0.15) is 12.1 Å². The average molecular weight is 413 g/mol. The molecule has 7 nitrogen and oxygen atoms in total. The first-order chi connectivity index (χ1) is 14.3. The van der Waals surface area contributed by atoms with Crippen molar-refractivity contribution in [2.75, 3.05) is 5.32 Å². The van der Waals surface area contributed by atoms with Crippen LogP contribution in [0, 0.1) is 5.92 Å². The maximum atomic E-state index is 12.5. The number of carbonyl (C=O) groups is 2. The summed E-state index contributed by atoms with van der Waals surface area (Å²) in [6.07, 6.45) is 3.85. The smallest absolute Gasteiger partial charge is 0.249 e. The molecule has 1 fully saturated rings. The summed E-state index contributed by atoms with van der Waals surface area (Å²) in [4.78, 5) is 24.9. The second-order valence-electron chi connectivity index (χ2n) is 8.72. The molecule has 1 aromatic carbocycles. The Bertz CT molecular complexity index is 856. The van der Waals surface area contributed by atoms with Crippen molar-refractivity contribution in [3.8, 4) is 0 Å². The van der Waals surface area contributed by atoms with E-state index in [4.69, 9.17) is 0 Å². The number of amides is 2. The van der Waals surface area contributed by atoms with Crippen LogP contribution >= 0.6 is 0 Å². The summed E-state index contributed by atoms with van der Waals surface area (Å²) < 4.78 is 0. The molecule has 162 valence electrons. The molecule has 1 aromatic heterocycles. The van der Waals surface area contributed by atoms with E-state index in [1.54, 1.807) is 13.0 Å². The van der Waals surface area contributed by atoms with Crippen LogP contribution in [0.15, 0.2) is 36.4 Å². The summed E-state index contributed by atoms with van der Waals surface area (Å²) in [6, 6.07) is 11.1. The summed E-state index contributed by atoms with van der Waals surface area (Å²) in [5.74, 6) is -0.497. The Balaban J connectivity index is 1.57. The zero-order chi connectivity index (χ0) is 21.7. The minimum atomic E-state index is -1.07. The Morgan fingerprint density at radius 1 is 1.13 bits per heavy atom. The lowest BCUT2D eigenvalue weighted by Crippen LogP contribution is -2.48. The number of rotatable bonds is 7. The van der Waals surface area contributed by atoms with Gasteiger partial charge in [-0.1, -0.05) is 63.4 Å². The number of benzene rings is 1. The Morgan fingerprint density at radius 3 is 2.47 bits per heavy atom. The van der Waals surface area contributed by atoms with Crippen molar-refractivity contribution < 1.29 is 14.7 Å². The van der Waals surface area contributed by atoms with Gasteiger partial charge in [0.05, 0.1) is 0 Å². The maximum absolute atomic E-state index is 12.5. The van der Waals surface area contributed by atoms with Crippen LogP contribution in [0.1, 0.15) is 64.1 Å². The highest BCUT2D eigenvalue weighted by Gasteiger charge is 2.30. The SMILES string of the molecule is C[C@H](NC(=O)[C@@H](O)C1CCCCC1)C(=O)Nc1cc(C(C)(C)c2ccccc2)[nH]n1. The number of aromatic nitrogens is 2. The van der Waals surface area contributed by atoms with Crippen molar-refractivity contribution in [3.05, 3.63) is 47.7 Å². The largest absolute Gasteiger partial charge is 0.383 e. The minimum absolute atomic E-state index is 0.0249. The van der Waals surface area contributed by atoms with Crippen molar-refractivity contribution in [2.24, 2.45) is 5.92 Å². The third kappa shape index (κ3) is 5.08. The molecule has 2 aromatic rings. The molecular formula is C23H32N4O3. The summed E-state index contributed by atoms with van der Waals surface area (Å²) in [7, 11) is 0. The zero-order valence-corrected chi connectivity index (χ0v) is 17.9. The Labute approximate surface area is 177 Å². The maximum Gasteiger partial charge on any atom is 0.249 e. The highest BCUT2D eigenvalue weighted by molar-refractivity contribution is 5.96. The Hall–Kier alpha value is -2.67. The number of hydrogen-bond acceptors (Lipinski definition) is 4. The number of aliphatic hydroxyl groups excluding tert-OH is 1. The van der Waals surface area contributed by atoms with Crippen molar-refractivity contribution >= 4 is 17.6 Å². The van der Waals surface area contributed by atoms with E-state index in [0.717, 1.165) is 43.4 Å². The first kappa shape index (κ1) is 22.0. The molecule has 0 unspecified atom stereocenters.